The summed E-state index contributed by atoms with van der Waals surface area (Å²) in [5.74, 6) is 0. The second kappa shape index (κ2) is 8.84. The summed E-state index contributed by atoms with van der Waals surface area (Å²) >= 11 is -0.365. The van der Waals surface area contributed by atoms with E-state index in [9.17, 15) is 9.59 Å². The predicted molar refractivity (Wildman–Crippen MR) is 100 cm³/mol. The van der Waals surface area contributed by atoms with Gasteiger partial charge in [-0.15, -0.1) is 0 Å². The summed E-state index contributed by atoms with van der Waals surface area (Å²) in [7, 11) is 0. The van der Waals surface area contributed by atoms with Crippen LogP contribution in [0.4, 0.5) is 4.79 Å². The molecule has 1 N–H and O–H groups in total. The Bertz CT molecular complexity index is 696. The first-order valence-electron chi connectivity index (χ1n) is 8.14. The monoisotopic (exact) mass is 405 g/mol. The van der Waals surface area contributed by atoms with Crippen LogP contribution in [0.25, 0.3) is 0 Å². The van der Waals surface area contributed by atoms with E-state index < -0.39 is 17.7 Å². The first-order chi connectivity index (χ1) is 11.8. The van der Waals surface area contributed by atoms with Crippen LogP contribution in [0, 0.1) is 0 Å². The molecule has 0 aliphatic carbocycles. The van der Waals surface area contributed by atoms with Gasteiger partial charge in [-0.05, 0) is 0 Å². The number of hydrogen-bond donors (Lipinski definition) is 1. The first-order valence-corrected chi connectivity index (χ1v) is 9.85. The van der Waals surface area contributed by atoms with Gasteiger partial charge < -0.3 is 0 Å². The van der Waals surface area contributed by atoms with Gasteiger partial charge in [0, 0.05) is 0 Å². The van der Waals surface area contributed by atoms with Crippen LogP contribution in [0.15, 0.2) is 60.7 Å². The Morgan fingerprint density at radius 3 is 2.12 bits per heavy atom. The van der Waals surface area contributed by atoms with Crippen LogP contribution in [-0.4, -0.2) is 37.4 Å². The van der Waals surface area contributed by atoms with Gasteiger partial charge in [-0.2, -0.15) is 0 Å². The fourth-order valence-electron chi connectivity index (χ4n) is 2.17. The Morgan fingerprint density at radius 2 is 1.56 bits per heavy atom. The molecule has 2 rings (SSSR count). The third-order valence-electron chi connectivity index (χ3n) is 3.22. The molecule has 0 fully saturated rings. The van der Waals surface area contributed by atoms with Crippen LogP contribution in [0.5, 0.6) is 0 Å². The molecule has 25 heavy (non-hydrogen) atoms. The zero-order valence-electron chi connectivity index (χ0n) is 14.7. The van der Waals surface area contributed by atoms with E-state index in [0.717, 1.165) is 10.0 Å². The number of nitrogens with one attached hydrogen (secondary N) is 1. The van der Waals surface area contributed by atoms with Gasteiger partial charge in [0.15, 0.2) is 0 Å². The van der Waals surface area contributed by atoms with Gasteiger partial charge in [0.1, 0.15) is 0 Å². The summed E-state index contributed by atoms with van der Waals surface area (Å²) in [6.45, 7) is 5.40. The van der Waals surface area contributed by atoms with E-state index in [1.807, 2.05) is 60.7 Å². The molecule has 0 radical (unpaired) electrons. The van der Waals surface area contributed by atoms with E-state index >= 15 is 0 Å². The number of rotatable bonds is 6. The fraction of sp³-hybridized carbons (Fsp3) is 0.300. The number of ether oxygens (including phenoxy) is 1. The maximum absolute atomic E-state index is 12.8. The van der Waals surface area contributed by atoms with E-state index in [1.165, 1.54) is 0 Å². The van der Waals surface area contributed by atoms with Gasteiger partial charge in [-0.1, -0.05) is 0 Å². The Labute approximate surface area is 155 Å². The van der Waals surface area contributed by atoms with Crippen LogP contribution in [0.1, 0.15) is 26.3 Å². The normalized spacial score (nSPS) is 12.3. The Morgan fingerprint density at radius 1 is 1.00 bits per heavy atom. The van der Waals surface area contributed by atoms with E-state index in [4.69, 9.17) is 4.74 Å². The molecule has 4 nitrogen and oxygen atoms in total. The summed E-state index contributed by atoms with van der Waals surface area (Å²) in [6, 6.07) is 18.7. The molecule has 2 aromatic rings. The standard InChI is InChI=1S/C20H23NO3Se/c1-20(2,3)24-19(23)21-17(14-15-10-6-4-7-11-15)18(22)25-16-12-8-5-9-13-16/h4-13,17H,14H2,1-3H3,(H,21,23). The molecule has 0 saturated heterocycles. The van der Waals surface area contributed by atoms with E-state index in [1.54, 1.807) is 20.8 Å². The number of carbonyl (C=O) groups is 2. The molecule has 0 aromatic heterocycles. The minimum absolute atomic E-state index is 0.0217. The Kier molecular flexibility index (Phi) is 6.80. The minimum atomic E-state index is -0.602. The summed E-state index contributed by atoms with van der Waals surface area (Å²) in [5, 5.41) is 2.75. The van der Waals surface area contributed by atoms with Crippen molar-refractivity contribution in [1.29, 1.82) is 0 Å². The zero-order valence-corrected chi connectivity index (χ0v) is 16.4. The van der Waals surface area contributed by atoms with Gasteiger partial charge in [0.25, 0.3) is 0 Å². The molecule has 0 saturated carbocycles. The molecular formula is C20H23NO3Se. The van der Waals surface area contributed by atoms with Crippen molar-refractivity contribution in [3.05, 3.63) is 66.2 Å². The van der Waals surface area contributed by atoms with Gasteiger partial charge in [0.05, 0.1) is 0 Å². The molecule has 2 aromatic carbocycles. The van der Waals surface area contributed by atoms with E-state index in [0.29, 0.717) is 6.42 Å². The van der Waals surface area contributed by atoms with Crippen molar-refractivity contribution in [3.8, 4) is 0 Å². The quantitative estimate of drug-likeness (QED) is 0.754. The topological polar surface area (TPSA) is 55.4 Å². The first kappa shape index (κ1) is 19.2. The maximum atomic E-state index is 12.8. The van der Waals surface area contributed by atoms with Crippen LogP contribution >= 0.6 is 0 Å². The third-order valence-corrected chi connectivity index (χ3v) is 5.30. The molecule has 0 aliphatic rings. The van der Waals surface area contributed by atoms with Crippen molar-refractivity contribution in [2.75, 3.05) is 0 Å². The van der Waals surface area contributed by atoms with Gasteiger partial charge in [0.2, 0.25) is 0 Å². The second-order valence-corrected chi connectivity index (χ2v) is 8.88. The number of carbonyl (C=O) groups excluding carboxylic acids is 2. The van der Waals surface area contributed by atoms with Crippen molar-refractivity contribution in [2.24, 2.45) is 0 Å². The summed E-state index contributed by atoms with van der Waals surface area (Å²) in [6.07, 6.45) is -0.112. The van der Waals surface area contributed by atoms with E-state index in [2.05, 4.69) is 5.32 Å². The Balaban J connectivity index is 2.10. The summed E-state index contributed by atoms with van der Waals surface area (Å²) in [5.41, 5.74) is 0.399. The summed E-state index contributed by atoms with van der Waals surface area (Å²) < 4.78 is 6.32. The summed E-state index contributed by atoms with van der Waals surface area (Å²) in [4.78, 5) is 24.9. The zero-order chi connectivity index (χ0) is 18.3. The van der Waals surface area contributed by atoms with Crippen molar-refractivity contribution in [3.63, 3.8) is 0 Å². The molecule has 132 valence electrons. The molecule has 1 atom stereocenters. The van der Waals surface area contributed by atoms with Crippen molar-refractivity contribution in [1.82, 2.24) is 5.32 Å². The van der Waals surface area contributed by atoms with Crippen LogP contribution < -0.4 is 9.78 Å². The molecule has 0 heterocycles. The number of alkyl carbamates (subject to hydrolysis) is 1. The molecule has 0 aliphatic heterocycles. The number of amides is 1. The predicted octanol–water partition coefficient (Wildman–Crippen LogP) is 2.68. The average molecular weight is 404 g/mol. The molecule has 1 unspecified atom stereocenters. The van der Waals surface area contributed by atoms with Crippen LogP contribution in [-0.2, 0) is 16.0 Å². The number of benzene rings is 2. The van der Waals surface area contributed by atoms with Crippen molar-refractivity contribution in [2.45, 2.75) is 38.8 Å². The van der Waals surface area contributed by atoms with Gasteiger partial charge >= 0.3 is 155 Å². The molecule has 1 amide bonds. The average Bonchev–Trinajstić information content (AvgIpc) is 2.54. The second-order valence-electron chi connectivity index (χ2n) is 6.62. The molecule has 0 bridgehead atoms. The molecule has 5 heteroatoms. The molecular weight excluding hydrogens is 381 g/mol. The van der Waals surface area contributed by atoms with E-state index in [-0.39, 0.29) is 19.6 Å². The van der Waals surface area contributed by atoms with Crippen molar-refractivity contribution >= 4 is 30.2 Å². The SMILES string of the molecule is CC(C)(C)OC(=O)NC(Cc1ccccc1)C(=O)[Se]c1ccccc1. The molecule has 0 spiro atoms. The van der Waals surface area contributed by atoms with Crippen LogP contribution in [0.3, 0.4) is 0 Å². The van der Waals surface area contributed by atoms with Gasteiger partial charge in [-0.3, -0.25) is 0 Å². The fourth-order valence-corrected chi connectivity index (χ4v) is 3.87. The number of hydrogen-bond acceptors (Lipinski definition) is 3. The van der Waals surface area contributed by atoms with Crippen LogP contribution in [0.2, 0.25) is 0 Å². The Hall–Kier alpha value is -2.10. The van der Waals surface area contributed by atoms with Gasteiger partial charge in [-0.25, -0.2) is 0 Å². The van der Waals surface area contributed by atoms with Crippen molar-refractivity contribution < 1.29 is 14.3 Å². The third kappa shape index (κ3) is 7.12.